The lowest BCUT2D eigenvalue weighted by Crippen LogP contribution is -2.05. The molecule has 0 saturated carbocycles. The topological polar surface area (TPSA) is 38.0 Å². The van der Waals surface area contributed by atoms with Gasteiger partial charge in [-0.2, -0.15) is 57.9 Å². The first-order valence-corrected chi connectivity index (χ1v) is 29.1. The second-order valence-electron chi connectivity index (χ2n) is 23.6. The van der Waals surface area contributed by atoms with E-state index >= 15 is 0 Å². The van der Waals surface area contributed by atoms with Gasteiger partial charge in [-0.05, 0) is 257 Å². The molecule has 460 valence electrons. The highest BCUT2D eigenvalue weighted by Crippen LogP contribution is 2.48. The first-order chi connectivity index (χ1) is 44.0. The third-order valence-corrected chi connectivity index (χ3v) is 17.0. The van der Waals surface area contributed by atoms with Crippen LogP contribution in [0.25, 0.3) is 127 Å². The quantitative estimate of drug-likeness (QED) is 0.110. The molecule has 0 aliphatic rings. The van der Waals surface area contributed by atoms with E-state index in [4.69, 9.17) is 6.57 Å². The van der Waals surface area contributed by atoms with Crippen molar-refractivity contribution in [3.63, 3.8) is 0 Å². The molecule has 11 aromatic carbocycles. The number of alkyl halides is 12. The predicted octanol–water partition coefficient (Wildman–Crippen LogP) is 23.9. The summed E-state index contributed by atoms with van der Waals surface area (Å²) in [5.41, 5.74) is 7.52. The SMILES string of the molecule is [C-]#[N+]c1ccc(-n2c3ccc(-c4cc(C)cc(C(F)(F)F)c4)cc3c3cc(-c4cc(C)cc(C(F)(F)F)c4)ccc32)c(-c2cc(-c3ccc(C#N)cc3C)ccc2-n2c3ccc(-c4cc(C)cc(C(F)(F)F)c4)cc3c3cc(-c4cc(C)cc(C(F)(F)F)c4)ccc32)c1. The van der Waals surface area contributed by atoms with Gasteiger partial charge in [0, 0.05) is 27.1 Å². The number of benzene rings is 11. The Morgan fingerprint density at radius 2 is 0.645 bits per heavy atom. The highest BCUT2D eigenvalue weighted by atomic mass is 19.4. The summed E-state index contributed by atoms with van der Waals surface area (Å²) in [6.45, 7) is 16.5. The Morgan fingerprint density at radius 1 is 0.323 bits per heavy atom. The third-order valence-electron chi connectivity index (χ3n) is 17.0. The van der Waals surface area contributed by atoms with Crippen molar-refractivity contribution in [1.29, 1.82) is 5.26 Å². The van der Waals surface area contributed by atoms with E-state index < -0.39 is 47.0 Å². The van der Waals surface area contributed by atoms with Crippen LogP contribution in [-0.4, -0.2) is 9.13 Å². The minimum Gasteiger partial charge on any atom is -0.309 e. The first kappa shape index (κ1) is 61.0. The summed E-state index contributed by atoms with van der Waals surface area (Å²) < 4.78 is 177. The highest BCUT2D eigenvalue weighted by molar-refractivity contribution is 6.14. The van der Waals surface area contributed by atoms with Gasteiger partial charge >= 0.3 is 24.7 Å². The highest BCUT2D eigenvalue weighted by Gasteiger charge is 2.35. The second-order valence-corrected chi connectivity index (χ2v) is 23.6. The molecule has 0 saturated heterocycles. The summed E-state index contributed by atoms with van der Waals surface area (Å²) in [4.78, 5) is 3.90. The van der Waals surface area contributed by atoms with Gasteiger partial charge < -0.3 is 9.13 Å². The fraction of sp³-hybridized carbons (Fsp3) is 0.117. The number of aryl methyl sites for hydroxylation is 5. The van der Waals surface area contributed by atoms with Crippen molar-refractivity contribution in [2.75, 3.05) is 0 Å². The summed E-state index contributed by atoms with van der Waals surface area (Å²) in [5, 5.41) is 12.0. The van der Waals surface area contributed by atoms with E-state index in [2.05, 4.69) is 10.9 Å². The summed E-state index contributed by atoms with van der Waals surface area (Å²) in [6, 6.07) is 54.1. The lowest BCUT2D eigenvalue weighted by molar-refractivity contribution is -0.138. The van der Waals surface area contributed by atoms with Gasteiger partial charge in [0.1, 0.15) is 0 Å². The Kier molecular flexibility index (Phi) is 14.6. The summed E-state index contributed by atoms with van der Waals surface area (Å²) in [5.74, 6) is 0. The molecule has 0 unspecified atom stereocenters. The van der Waals surface area contributed by atoms with Crippen LogP contribution in [0, 0.1) is 52.5 Å². The molecule has 13 aromatic rings. The summed E-state index contributed by atoms with van der Waals surface area (Å²) in [7, 11) is 0. The van der Waals surface area contributed by atoms with Crippen LogP contribution in [0.2, 0.25) is 0 Å². The molecule has 0 amide bonds. The van der Waals surface area contributed by atoms with E-state index in [1.165, 1.54) is 0 Å². The Bertz CT molecular complexity index is 5130. The van der Waals surface area contributed by atoms with Crippen molar-refractivity contribution in [3.05, 3.63) is 267 Å². The fourth-order valence-electron chi connectivity index (χ4n) is 12.9. The van der Waals surface area contributed by atoms with Crippen LogP contribution >= 0.6 is 0 Å². The van der Waals surface area contributed by atoms with Crippen molar-refractivity contribution in [2.45, 2.75) is 59.3 Å². The molecule has 0 aliphatic carbocycles. The van der Waals surface area contributed by atoms with Crippen molar-refractivity contribution in [2.24, 2.45) is 0 Å². The van der Waals surface area contributed by atoms with E-state index in [1.54, 1.807) is 155 Å². The van der Waals surface area contributed by atoms with Crippen molar-refractivity contribution < 1.29 is 52.7 Å². The predicted molar refractivity (Wildman–Crippen MR) is 342 cm³/mol. The average Bonchev–Trinajstić information content (AvgIpc) is 1.60. The van der Waals surface area contributed by atoms with Crippen LogP contribution in [0.1, 0.15) is 55.6 Å². The van der Waals surface area contributed by atoms with Crippen molar-refractivity contribution in [1.82, 2.24) is 9.13 Å². The van der Waals surface area contributed by atoms with Gasteiger partial charge in [-0.15, -0.1) is 0 Å². The maximum atomic E-state index is 14.4. The standard InChI is InChI=1S/C77H48F12N4/c1-41-21-52(30-56(25-41)74(78,79)80)47-8-15-68-62(34-47)63-35-48(53-22-42(2)26-57(31-53)75(81,82)83)9-16-69(63)92(68)72-19-12-51(61-14-7-46(40-90)29-45(61)5)38-66(72)67-39-60(91-6)13-20-73(67)93-70-17-10-49(54-23-43(3)27-58(32-54)76(84,85)86)36-64(70)65-37-50(11-18-71(65)93)55-24-44(4)28-59(33-55)77(87,88)89/h7-39H,1-5H3. The van der Waals surface area contributed by atoms with E-state index in [9.17, 15) is 57.9 Å². The van der Waals surface area contributed by atoms with Crippen LogP contribution in [0.3, 0.4) is 0 Å². The molecule has 0 atom stereocenters. The van der Waals surface area contributed by atoms with Crippen LogP contribution in [0.5, 0.6) is 0 Å². The molecule has 13 rings (SSSR count). The maximum Gasteiger partial charge on any atom is 0.416 e. The Morgan fingerprint density at radius 3 is 0.957 bits per heavy atom. The molecule has 2 aromatic heterocycles. The minimum absolute atomic E-state index is 0.203. The minimum atomic E-state index is -4.68. The Hall–Kier alpha value is -10.8. The summed E-state index contributed by atoms with van der Waals surface area (Å²) in [6.07, 6.45) is -18.7. The molecule has 0 N–H and O–H groups in total. The van der Waals surface area contributed by atoms with Gasteiger partial charge in [0.05, 0.1) is 73.9 Å². The van der Waals surface area contributed by atoms with Crippen LogP contribution < -0.4 is 0 Å². The van der Waals surface area contributed by atoms with Crippen LogP contribution in [-0.2, 0) is 24.7 Å². The number of nitrogens with zero attached hydrogens (tertiary/aromatic N) is 4. The number of halogens is 12. The van der Waals surface area contributed by atoms with Gasteiger partial charge in [0.25, 0.3) is 0 Å². The molecule has 0 aliphatic heterocycles. The molecule has 0 radical (unpaired) electrons. The van der Waals surface area contributed by atoms with Gasteiger partial charge in [-0.3, -0.25) is 0 Å². The molecule has 93 heavy (non-hydrogen) atoms. The first-order valence-electron chi connectivity index (χ1n) is 29.1. The van der Waals surface area contributed by atoms with Gasteiger partial charge in [-0.25, -0.2) is 4.85 Å². The third kappa shape index (κ3) is 11.3. The molecular formula is C77H48F12N4. The molecule has 4 nitrogen and oxygen atoms in total. The summed E-state index contributed by atoms with van der Waals surface area (Å²) >= 11 is 0. The van der Waals surface area contributed by atoms with Gasteiger partial charge in [0.2, 0.25) is 0 Å². The molecule has 16 heteroatoms. The van der Waals surface area contributed by atoms with E-state index in [-0.39, 0.29) is 27.9 Å². The number of hydrogen-bond donors (Lipinski definition) is 0. The molecule has 0 bridgehead atoms. The molecular weight excluding hydrogens is 1210 g/mol. The normalized spacial score (nSPS) is 12.3. The monoisotopic (exact) mass is 1260 g/mol. The number of nitriles is 1. The zero-order valence-corrected chi connectivity index (χ0v) is 49.9. The lowest BCUT2D eigenvalue weighted by Gasteiger charge is -2.21. The lowest BCUT2D eigenvalue weighted by atomic mass is 9.93. The number of aromatic nitrogens is 2. The zero-order valence-electron chi connectivity index (χ0n) is 49.9. The number of fused-ring (bicyclic) bond motifs is 6. The van der Waals surface area contributed by atoms with Crippen LogP contribution in [0.15, 0.2) is 200 Å². The van der Waals surface area contributed by atoms with Gasteiger partial charge in [0.15, 0.2) is 5.69 Å². The average molecular weight is 1260 g/mol. The van der Waals surface area contributed by atoms with Gasteiger partial charge in [-0.1, -0.05) is 66.7 Å². The van der Waals surface area contributed by atoms with Crippen LogP contribution in [0.4, 0.5) is 58.4 Å². The largest absolute Gasteiger partial charge is 0.416 e. The molecule has 0 fully saturated rings. The second kappa shape index (κ2) is 22.2. The molecule has 2 heterocycles. The number of hydrogen-bond acceptors (Lipinski definition) is 1. The molecule has 0 spiro atoms. The fourth-order valence-corrected chi connectivity index (χ4v) is 12.9. The zero-order chi connectivity index (χ0) is 66.0. The maximum absolute atomic E-state index is 14.4. The Labute approximate surface area is 524 Å². The van der Waals surface area contributed by atoms with Crippen molar-refractivity contribution in [3.8, 4) is 84.2 Å². The Balaban J connectivity index is 1.12. The van der Waals surface area contributed by atoms with E-state index in [1.807, 2.05) is 40.3 Å². The van der Waals surface area contributed by atoms with E-state index in [0.717, 1.165) is 59.7 Å². The smallest absolute Gasteiger partial charge is 0.309 e. The van der Waals surface area contributed by atoms with E-state index in [0.29, 0.717) is 122 Å². The number of rotatable bonds is 8. The van der Waals surface area contributed by atoms with Crippen molar-refractivity contribution >= 4 is 49.3 Å².